The van der Waals surface area contributed by atoms with Crippen molar-refractivity contribution in [2.75, 3.05) is 13.2 Å². The lowest BCUT2D eigenvalue weighted by Gasteiger charge is -2.40. The molecule has 0 radical (unpaired) electrons. The molecule has 3 aliphatic rings. The fourth-order valence-corrected chi connectivity index (χ4v) is 11.5. The van der Waals surface area contributed by atoms with Gasteiger partial charge in [0, 0.05) is 0 Å². The summed E-state index contributed by atoms with van der Waals surface area (Å²) in [4.78, 5) is 13.0. The molecule has 0 aromatic heterocycles. The largest absolute Gasteiger partial charge is 0.465 e. The fourth-order valence-electron chi connectivity index (χ4n) is 7.48. The van der Waals surface area contributed by atoms with Gasteiger partial charge >= 0.3 is 5.97 Å². The fraction of sp³-hybridized carbons (Fsp3) is 0.537. The summed E-state index contributed by atoms with van der Waals surface area (Å²) in [5.41, 5.74) is 2.26. The van der Waals surface area contributed by atoms with Crippen LogP contribution >= 0.6 is 0 Å². The van der Waals surface area contributed by atoms with E-state index in [1.807, 2.05) is 46.8 Å². The highest BCUT2D eigenvalue weighted by Crippen LogP contribution is 2.44. The molecular weight excluding hydrogens is 649 g/mol. The van der Waals surface area contributed by atoms with Crippen LogP contribution in [0.4, 0.5) is 0 Å². The lowest BCUT2D eigenvalue weighted by molar-refractivity contribution is -0.238. The Balaban J connectivity index is 1.15. The highest BCUT2D eigenvalue weighted by Gasteiger charge is 2.61. The van der Waals surface area contributed by atoms with Crippen molar-refractivity contribution in [1.29, 1.82) is 0 Å². The summed E-state index contributed by atoms with van der Waals surface area (Å²) in [5.74, 6) is -1.51. The third-order valence-electron chi connectivity index (χ3n) is 9.87. The summed E-state index contributed by atoms with van der Waals surface area (Å²) in [7, 11) is -2.83. The molecule has 6 rings (SSSR count). The van der Waals surface area contributed by atoms with Gasteiger partial charge in [0.15, 0.2) is 17.9 Å². The summed E-state index contributed by atoms with van der Waals surface area (Å²) in [6.45, 7) is 14.6. The van der Waals surface area contributed by atoms with E-state index in [1.54, 1.807) is 0 Å². The minimum atomic E-state index is -2.83. The number of hydrogen-bond acceptors (Lipinski definition) is 8. The smallest absolute Gasteiger partial charge is 0.313 e. The van der Waals surface area contributed by atoms with Crippen LogP contribution in [0.5, 0.6) is 0 Å². The zero-order chi connectivity index (χ0) is 35.5. The van der Waals surface area contributed by atoms with E-state index in [1.165, 1.54) is 15.9 Å². The molecule has 0 amide bonds. The Kier molecular flexibility index (Phi) is 11.3. The summed E-state index contributed by atoms with van der Waals surface area (Å²) >= 11 is 0. The lowest BCUT2D eigenvalue weighted by atomic mass is 9.97. The molecule has 0 aliphatic carbocycles. The average molecular weight is 703 g/mol. The molecule has 6 atom stereocenters. The lowest BCUT2D eigenvalue weighted by Crippen LogP contribution is -2.63. The van der Waals surface area contributed by atoms with Gasteiger partial charge in [0.2, 0.25) is 0 Å². The van der Waals surface area contributed by atoms with Gasteiger partial charge in [-0.05, 0) is 87.3 Å². The standard InChI is InChI=1S/C41H54O8Si/c1-28(2)26-30-20-22-31(23-21-30)29(3)38(42)43-24-14-15-25-50(32-16-10-8-11-17-32,33-18-12-9-13-19-33)44-27-34-35-36(47-40(4,5)46-35)37-39(45-34)49-41(6,7)48-37/h8-13,16-23,28-29,34-37,39H,14-15,24-27H2,1-7H3/t29-,34-,35+,36+,37-,39?/m1/s1. The maximum Gasteiger partial charge on any atom is 0.313 e. The second-order valence-electron chi connectivity index (χ2n) is 15.3. The molecule has 0 N–H and O–H groups in total. The Hall–Kier alpha value is -2.89. The van der Waals surface area contributed by atoms with Crippen LogP contribution in [-0.4, -0.2) is 69.8 Å². The summed E-state index contributed by atoms with van der Waals surface area (Å²) in [6.07, 6.45) is 0.433. The first-order valence-corrected chi connectivity index (χ1v) is 20.3. The van der Waals surface area contributed by atoms with E-state index in [4.69, 9.17) is 32.8 Å². The average Bonchev–Trinajstić information content (AvgIpc) is 3.60. The molecule has 3 aliphatic heterocycles. The monoisotopic (exact) mass is 702 g/mol. The van der Waals surface area contributed by atoms with Crippen molar-refractivity contribution in [2.24, 2.45) is 5.92 Å². The first kappa shape index (κ1) is 36.9. The molecule has 3 fully saturated rings. The molecule has 3 saturated heterocycles. The normalized spacial score (nSPS) is 26.0. The Morgan fingerprint density at radius 3 is 1.94 bits per heavy atom. The molecule has 3 heterocycles. The maximum atomic E-state index is 13.0. The third-order valence-corrected chi connectivity index (χ3v) is 14.1. The number of rotatable bonds is 14. The summed E-state index contributed by atoms with van der Waals surface area (Å²) in [6, 6.07) is 30.2. The third kappa shape index (κ3) is 8.42. The number of esters is 1. The topological polar surface area (TPSA) is 81.7 Å². The van der Waals surface area contributed by atoms with Gasteiger partial charge in [-0.1, -0.05) is 98.8 Å². The van der Waals surface area contributed by atoms with E-state index in [2.05, 4.69) is 86.6 Å². The van der Waals surface area contributed by atoms with E-state index in [9.17, 15) is 4.79 Å². The van der Waals surface area contributed by atoms with E-state index < -0.39 is 38.4 Å². The van der Waals surface area contributed by atoms with Crippen LogP contribution in [0.1, 0.15) is 78.4 Å². The molecule has 0 spiro atoms. The van der Waals surface area contributed by atoms with Crippen molar-refractivity contribution in [2.45, 2.75) is 122 Å². The molecule has 3 aromatic carbocycles. The van der Waals surface area contributed by atoms with E-state index >= 15 is 0 Å². The van der Waals surface area contributed by atoms with Crippen molar-refractivity contribution in [3.63, 3.8) is 0 Å². The Bertz CT molecular complexity index is 1500. The van der Waals surface area contributed by atoms with Gasteiger partial charge in [-0.2, -0.15) is 0 Å². The molecule has 270 valence electrons. The van der Waals surface area contributed by atoms with Crippen molar-refractivity contribution >= 4 is 24.7 Å². The summed E-state index contributed by atoms with van der Waals surface area (Å²) < 4.78 is 44.8. The first-order chi connectivity index (χ1) is 23.9. The van der Waals surface area contributed by atoms with Gasteiger partial charge in [-0.3, -0.25) is 4.79 Å². The number of unbranched alkanes of at least 4 members (excludes halogenated alkanes) is 1. The molecule has 0 bridgehead atoms. The molecule has 8 nitrogen and oxygen atoms in total. The van der Waals surface area contributed by atoms with Crippen molar-refractivity contribution in [3.8, 4) is 0 Å². The molecule has 50 heavy (non-hydrogen) atoms. The second kappa shape index (κ2) is 15.4. The first-order valence-electron chi connectivity index (χ1n) is 18.2. The van der Waals surface area contributed by atoms with E-state index in [-0.39, 0.29) is 24.1 Å². The SMILES string of the molecule is CC(C)Cc1ccc([C@@H](C)C(=O)OCCCC[Si](OC[C@H]2OC3OC(C)(C)O[C@@H]3[C@H]3OC(C)(C)O[C@H]32)(c2ccccc2)c2ccccc2)cc1. The van der Waals surface area contributed by atoms with Crippen LogP contribution in [0.25, 0.3) is 0 Å². The minimum Gasteiger partial charge on any atom is -0.465 e. The molecule has 9 heteroatoms. The number of benzene rings is 3. The van der Waals surface area contributed by atoms with Gasteiger partial charge in [-0.15, -0.1) is 0 Å². The predicted octanol–water partition coefficient (Wildman–Crippen LogP) is 6.49. The number of ether oxygens (including phenoxy) is 6. The van der Waals surface area contributed by atoms with Crippen molar-refractivity contribution < 1.29 is 37.6 Å². The number of carbonyl (C=O) groups excluding carboxylic acids is 1. The van der Waals surface area contributed by atoms with Gasteiger partial charge < -0.3 is 32.8 Å². The van der Waals surface area contributed by atoms with Crippen LogP contribution in [0.3, 0.4) is 0 Å². The number of carbonyl (C=O) groups is 1. The van der Waals surface area contributed by atoms with Crippen molar-refractivity contribution in [1.82, 2.24) is 0 Å². The Morgan fingerprint density at radius 2 is 1.32 bits per heavy atom. The Morgan fingerprint density at radius 1 is 0.740 bits per heavy atom. The van der Waals surface area contributed by atoms with Gasteiger partial charge in [0.25, 0.3) is 8.32 Å². The van der Waals surface area contributed by atoms with Crippen molar-refractivity contribution in [3.05, 3.63) is 96.1 Å². The maximum absolute atomic E-state index is 13.0. The summed E-state index contributed by atoms with van der Waals surface area (Å²) in [5, 5.41) is 2.35. The molecule has 3 aromatic rings. The van der Waals surface area contributed by atoms with Gasteiger partial charge in [0.1, 0.15) is 24.4 Å². The second-order valence-corrected chi connectivity index (χ2v) is 18.9. The van der Waals surface area contributed by atoms with E-state index in [0.717, 1.165) is 30.9 Å². The number of hydrogen-bond donors (Lipinski definition) is 0. The Labute approximate surface area is 298 Å². The zero-order valence-electron chi connectivity index (χ0n) is 30.6. The van der Waals surface area contributed by atoms with Crippen LogP contribution in [0.15, 0.2) is 84.9 Å². The molecule has 0 saturated carbocycles. The van der Waals surface area contributed by atoms with E-state index in [0.29, 0.717) is 19.1 Å². The quantitative estimate of drug-likeness (QED) is 0.107. The molecular formula is C41H54O8Si. The van der Waals surface area contributed by atoms with Gasteiger partial charge in [0.05, 0.1) is 19.1 Å². The predicted molar refractivity (Wildman–Crippen MR) is 195 cm³/mol. The number of fused-ring (bicyclic) bond motifs is 3. The van der Waals surface area contributed by atoms with Crippen LogP contribution in [-0.2, 0) is 44.1 Å². The highest BCUT2D eigenvalue weighted by atomic mass is 28.4. The zero-order valence-corrected chi connectivity index (χ0v) is 31.6. The van der Waals surface area contributed by atoms with Crippen LogP contribution < -0.4 is 10.4 Å². The van der Waals surface area contributed by atoms with Crippen LogP contribution in [0, 0.1) is 5.92 Å². The van der Waals surface area contributed by atoms with Gasteiger partial charge in [-0.25, -0.2) is 0 Å². The van der Waals surface area contributed by atoms with Crippen LogP contribution in [0.2, 0.25) is 6.04 Å². The minimum absolute atomic E-state index is 0.196. The highest BCUT2D eigenvalue weighted by molar-refractivity contribution is 6.97. The molecule has 1 unspecified atom stereocenters.